The van der Waals surface area contributed by atoms with Gasteiger partial charge in [-0.25, -0.2) is 0 Å². The quantitative estimate of drug-likeness (QED) is 0.747. The van der Waals surface area contributed by atoms with Gasteiger partial charge >= 0.3 is 0 Å². The molecule has 90 valence electrons. The van der Waals surface area contributed by atoms with E-state index >= 15 is 0 Å². The number of carbonyl (C=O) groups is 1. The Morgan fingerprint density at radius 1 is 1.35 bits per heavy atom. The number of rotatable bonds is 2. The van der Waals surface area contributed by atoms with E-state index in [0.717, 1.165) is 17.7 Å². The Bertz CT molecular complexity index is 469. The zero-order valence-corrected chi connectivity index (χ0v) is 9.36. The number of nitrogen functional groups attached to an aromatic ring is 1. The summed E-state index contributed by atoms with van der Waals surface area (Å²) in [5.74, 6) is 0.728. The van der Waals surface area contributed by atoms with E-state index in [1.54, 1.807) is 6.07 Å². The van der Waals surface area contributed by atoms with Gasteiger partial charge in [-0.15, -0.1) is 0 Å². The van der Waals surface area contributed by atoms with E-state index in [-0.39, 0.29) is 12.0 Å². The monoisotopic (exact) mass is 234 g/mol. The van der Waals surface area contributed by atoms with Gasteiger partial charge in [0.2, 0.25) is 5.91 Å². The molecule has 3 N–H and O–H groups in total. The number of nitrogens with two attached hydrogens (primary N) is 1. The van der Waals surface area contributed by atoms with Gasteiger partial charge in [0.25, 0.3) is 0 Å². The summed E-state index contributed by atoms with van der Waals surface area (Å²) in [6, 6.07) is 3.68. The van der Waals surface area contributed by atoms with Crippen LogP contribution in [-0.2, 0) is 16.0 Å². The van der Waals surface area contributed by atoms with Crippen LogP contribution in [-0.4, -0.2) is 25.2 Å². The van der Waals surface area contributed by atoms with Crippen LogP contribution in [0.4, 0.5) is 11.4 Å². The maximum Gasteiger partial charge on any atom is 0.224 e. The molecule has 0 spiro atoms. The summed E-state index contributed by atoms with van der Waals surface area (Å²) >= 11 is 0. The lowest BCUT2D eigenvalue weighted by molar-refractivity contribution is -0.116. The molecular weight excluding hydrogens is 220 g/mol. The molecular formula is C12H14N2O3. The lowest BCUT2D eigenvalue weighted by Crippen LogP contribution is -2.38. The number of carbonyl (C=O) groups excluding carboxylic acids is 1. The molecule has 1 aromatic rings. The van der Waals surface area contributed by atoms with Gasteiger partial charge in [-0.3, -0.25) is 4.79 Å². The molecule has 1 amide bonds. The number of anilines is 2. The average molecular weight is 234 g/mol. The molecule has 5 heteroatoms. The van der Waals surface area contributed by atoms with Gasteiger partial charge in [0, 0.05) is 12.1 Å². The van der Waals surface area contributed by atoms with Crippen LogP contribution in [0.25, 0.3) is 0 Å². The highest BCUT2D eigenvalue weighted by Crippen LogP contribution is 2.33. The van der Waals surface area contributed by atoms with E-state index < -0.39 is 0 Å². The molecule has 0 radical (unpaired) electrons. The van der Waals surface area contributed by atoms with Crippen molar-refractivity contribution in [2.24, 2.45) is 0 Å². The normalized spacial score (nSPS) is 19.2. The van der Waals surface area contributed by atoms with Crippen molar-refractivity contribution in [3.8, 4) is 5.75 Å². The van der Waals surface area contributed by atoms with Crippen LogP contribution in [0.15, 0.2) is 12.1 Å². The largest absolute Gasteiger partial charge is 0.483 e. The first-order valence-electron chi connectivity index (χ1n) is 5.69. The summed E-state index contributed by atoms with van der Waals surface area (Å²) in [6.45, 7) is 1.24. The Hall–Kier alpha value is -1.75. The number of nitrogens with one attached hydrogen (secondary N) is 1. The third-order valence-electron chi connectivity index (χ3n) is 3.03. The fourth-order valence-electron chi connectivity index (χ4n) is 1.99. The van der Waals surface area contributed by atoms with Crippen LogP contribution in [0.2, 0.25) is 0 Å². The molecule has 2 aliphatic heterocycles. The summed E-state index contributed by atoms with van der Waals surface area (Å²) in [7, 11) is 0. The Morgan fingerprint density at radius 2 is 2.18 bits per heavy atom. The molecule has 0 saturated carbocycles. The van der Waals surface area contributed by atoms with E-state index in [9.17, 15) is 4.79 Å². The molecule has 0 atom stereocenters. The topological polar surface area (TPSA) is 73.6 Å². The van der Waals surface area contributed by atoms with Crippen molar-refractivity contribution in [1.82, 2.24) is 0 Å². The maximum absolute atomic E-state index is 11.3. The number of fused-ring (bicyclic) bond motifs is 1. The van der Waals surface area contributed by atoms with Crippen molar-refractivity contribution in [2.75, 3.05) is 24.3 Å². The summed E-state index contributed by atoms with van der Waals surface area (Å²) < 4.78 is 10.8. The van der Waals surface area contributed by atoms with Gasteiger partial charge in [0.15, 0.2) is 0 Å². The van der Waals surface area contributed by atoms with Crippen LogP contribution in [0.1, 0.15) is 12.0 Å². The van der Waals surface area contributed by atoms with E-state index in [2.05, 4.69) is 5.32 Å². The molecule has 0 unspecified atom stereocenters. The van der Waals surface area contributed by atoms with Gasteiger partial charge in [-0.1, -0.05) is 0 Å². The number of benzene rings is 1. The van der Waals surface area contributed by atoms with Crippen LogP contribution < -0.4 is 15.8 Å². The average Bonchev–Trinajstić information content (AvgIpc) is 2.23. The Kier molecular flexibility index (Phi) is 2.40. The first kappa shape index (κ1) is 10.4. The second-order valence-electron chi connectivity index (χ2n) is 4.37. The van der Waals surface area contributed by atoms with Crippen LogP contribution >= 0.6 is 0 Å². The molecule has 1 saturated heterocycles. The molecule has 2 heterocycles. The summed E-state index contributed by atoms with van der Waals surface area (Å²) in [5, 5.41) is 2.81. The molecule has 17 heavy (non-hydrogen) atoms. The highest BCUT2D eigenvalue weighted by Gasteiger charge is 2.23. The second-order valence-corrected chi connectivity index (χ2v) is 4.37. The van der Waals surface area contributed by atoms with Crippen molar-refractivity contribution in [2.45, 2.75) is 18.9 Å². The molecule has 0 aliphatic carbocycles. The molecule has 5 nitrogen and oxygen atoms in total. The second kappa shape index (κ2) is 3.92. The Morgan fingerprint density at radius 3 is 2.88 bits per heavy atom. The van der Waals surface area contributed by atoms with E-state index in [0.29, 0.717) is 31.1 Å². The van der Waals surface area contributed by atoms with Gasteiger partial charge in [0.1, 0.15) is 11.9 Å². The minimum absolute atomic E-state index is 0.0398. The van der Waals surface area contributed by atoms with Crippen molar-refractivity contribution in [3.63, 3.8) is 0 Å². The zero-order chi connectivity index (χ0) is 11.8. The van der Waals surface area contributed by atoms with Crippen LogP contribution in [0.5, 0.6) is 5.75 Å². The molecule has 1 aromatic carbocycles. The highest BCUT2D eigenvalue weighted by atomic mass is 16.6. The summed E-state index contributed by atoms with van der Waals surface area (Å²) in [5.41, 5.74) is 8.33. The molecule has 1 fully saturated rings. The SMILES string of the molecule is Nc1cc2c(cc1OC1COC1)CCC(=O)N2. The number of aryl methyl sites for hydroxylation is 1. The van der Waals surface area contributed by atoms with E-state index in [1.165, 1.54) is 0 Å². The van der Waals surface area contributed by atoms with Crippen LogP contribution in [0.3, 0.4) is 0 Å². The van der Waals surface area contributed by atoms with Gasteiger partial charge < -0.3 is 20.5 Å². The zero-order valence-electron chi connectivity index (χ0n) is 9.36. The maximum atomic E-state index is 11.3. The Labute approximate surface area is 98.9 Å². The summed E-state index contributed by atoms with van der Waals surface area (Å²) in [4.78, 5) is 11.3. The highest BCUT2D eigenvalue weighted by molar-refractivity contribution is 5.94. The third kappa shape index (κ3) is 1.93. The minimum Gasteiger partial charge on any atom is -0.483 e. The molecule has 3 rings (SSSR count). The Balaban J connectivity index is 1.87. The fourth-order valence-corrected chi connectivity index (χ4v) is 1.99. The first-order chi connectivity index (χ1) is 8.22. The van der Waals surface area contributed by atoms with Gasteiger partial charge in [-0.05, 0) is 24.1 Å². The smallest absolute Gasteiger partial charge is 0.224 e. The summed E-state index contributed by atoms with van der Waals surface area (Å²) in [6.07, 6.45) is 1.36. The standard InChI is InChI=1S/C12H14N2O3/c13-9-4-10-7(1-2-12(15)14-10)3-11(9)17-8-5-16-6-8/h3-4,8H,1-2,5-6,13H2,(H,14,15). The lowest BCUT2D eigenvalue weighted by atomic mass is 10.0. The molecule has 0 bridgehead atoms. The van der Waals surface area contributed by atoms with Gasteiger partial charge in [0.05, 0.1) is 18.9 Å². The van der Waals surface area contributed by atoms with Crippen molar-refractivity contribution in [1.29, 1.82) is 0 Å². The number of amides is 1. The number of hydrogen-bond donors (Lipinski definition) is 2. The predicted octanol–water partition coefficient (Wildman–Crippen LogP) is 0.931. The predicted molar refractivity (Wildman–Crippen MR) is 63.0 cm³/mol. The fraction of sp³-hybridized carbons (Fsp3) is 0.417. The minimum atomic E-state index is 0.0398. The van der Waals surface area contributed by atoms with E-state index in [1.807, 2.05) is 6.07 Å². The molecule has 2 aliphatic rings. The van der Waals surface area contributed by atoms with Crippen molar-refractivity contribution in [3.05, 3.63) is 17.7 Å². The first-order valence-corrected chi connectivity index (χ1v) is 5.69. The molecule has 0 aromatic heterocycles. The van der Waals surface area contributed by atoms with Crippen LogP contribution in [0, 0.1) is 0 Å². The number of hydrogen-bond acceptors (Lipinski definition) is 4. The number of ether oxygens (including phenoxy) is 2. The van der Waals surface area contributed by atoms with E-state index in [4.69, 9.17) is 15.2 Å². The van der Waals surface area contributed by atoms with Crippen molar-refractivity contribution < 1.29 is 14.3 Å². The van der Waals surface area contributed by atoms with Crippen molar-refractivity contribution >= 4 is 17.3 Å². The third-order valence-corrected chi connectivity index (χ3v) is 3.03. The van der Waals surface area contributed by atoms with Gasteiger partial charge in [-0.2, -0.15) is 0 Å². The lowest BCUT2D eigenvalue weighted by Gasteiger charge is -2.28.